The van der Waals surface area contributed by atoms with Crippen molar-refractivity contribution in [2.24, 2.45) is 5.73 Å². The predicted molar refractivity (Wildman–Crippen MR) is 96.7 cm³/mol. The molecule has 2 heteroatoms. The number of nitrogens with two attached hydrogens (primary N) is 1. The van der Waals surface area contributed by atoms with E-state index in [1.54, 1.807) is 0 Å². The summed E-state index contributed by atoms with van der Waals surface area (Å²) in [7, 11) is 0. The third-order valence-corrected chi connectivity index (χ3v) is 4.39. The van der Waals surface area contributed by atoms with Crippen molar-refractivity contribution < 1.29 is 4.74 Å². The lowest BCUT2D eigenvalue weighted by Crippen LogP contribution is -2.27. The lowest BCUT2D eigenvalue weighted by Gasteiger charge is -2.28. The van der Waals surface area contributed by atoms with Gasteiger partial charge in [-0.2, -0.15) is 0 Å². The average molecular weight is 307 g/mol. The van der Waals surface area contributed by atoms with Crippen LogP contribution in [0.5, 0.6) is 5.75 Å². The first kappa shape index (κ1) is 15.8. The van der Waals surface area contributed by atoms with Crippen molar-refractivity contribution >= 4 is 6.08 Å². The zero-order valence-corrected chi connectivity index (χ0v) is 14.4. The van der Waals surface area contributed by atoms with E-state index < -0.39 is 0 Å². The quantitative estimate of drug-likeness (QED) is 0.889. The maximum atomic E-state index is 6.45. The Morgan fingerprint density at radius 2 is 1.87 bits per heavy atom. The lowest BCUT2D eigenvalue weighted by molar-refractivity contribution is 0.159. The fourth-order valence-electron chi connectivity index (χ4n) is 3.16. The second-order valence-electron chi connectivity index (χ2n) is 7.08. The highest BCUT2D eigenvalue weighted by Crippen LogP contribution is 2.32. The van der Waals surface area contributed by atoms with E-state index >= 15 is 0 Å². The van der Waals surface area contributed by atoms with Crippen LogP contribution in [-0.2, 0) is 6.42 Å². The van der Waals surface area contributed by atoms with Crippen LogP contribution in [0.1, 0.15) is 47.7 Å². The largest absolute Gasteiger partial charge is 0.483 e. The molecule has 120 valence electrons. The molecular formula is C21H25NO. The number of ether oxygens (including phenoxy) is 1. The van der Waals surface area contributed by atoms with Gasteiger partial charge in [0.1, 0.15) is 11.4 Å². The molecule has 3 rings (SSSR count). The van der Waals surface area contributed by atoms with Crippen LogP contribution in [0.15, 0.2) is 42.5 Å². The van der Waals surface area contributed by atoms with Gasteiger partial charge in [-0.05, 0) is 69.0 Å². The zero-order valence-electron chi connectivity index (χ0n) is 14.4. The van der Waals surface area contributed by atoms with Crippen LogP contribution in [0, 0.1) is 13.8 Å². The van der Waals surface area contributed by atoms with Gasteiger partial charge < -0.3 is 10.5 Å². The molecule has 2 N–H and O–H groups in total. The molecule has 2 nitrogen and oxygen atoms in total. The fourth-order valence-corrected chi connectivity index (χ4v) is 3.16. The van der Waals surface area contributed by atoms with Crippen LogP contribution in [0.4, 0.5) is 0 Å². The molecule has 1 aliphatic rings. The van der Waals surface area contributed by atoms with Crippen molar-refractivity contribution in [1.82, 2.24) is 0 Å². The summed E-state index contributed by atoms with van der Waals surface area (Å²) in [5.74, 6) is 0.946. The zero-order chi connectivity index (χ0) is 16.6. The first-order valence-electron chi connectivity index (χ1n) is 8.18. The summed E-state index contributed by atoms with van der Waals surface area (Å²) in [4.78, 5) is 0. The van der Waals surface area contributed by atoms with Crippen LogP contribution in [0.25, 0.3) is 6.08 Å². The molecule has 0 spiro atoms. The molecule has 0 radical (unpaired) electrons. The number of fused-ring (bicyclic) bond motifs is 1. The van der Waals surface area contributed by atoms with Crippen molar-refractivity contribution in [3.05, 3.63) is 70.3 Å². The molecule has 1 aliphatic heterocycles. The summed E-state index contributed by atoms with van der Waals surface area (Å²) in [6.45, 7) is 8.38. The maximum absolute atomic E-state index is 6.45. The smallest absolute Gasteiger partial charge is 0.127 e. The second kappa shape index (κ2) is 5.86. The SMILES string of the molecule is Cc1ccc(C(N)Cc2ccc3c(c2)C=CC(C)(C)O3)c(C)c1. The van der Waals surface area contributed by atoms with Crippen LogP contribution >= 0.6 is 0 Å². The number of aryl methyl sites for hydroxylation is 2. The van der Waals surface area contributed by atoms with E-state index in [4.69, 9.17) is 10.5 Å². The normalized spacial score (nSPS) is 16.6. The lowest BCUT2D eigenvalue weighted by atomic mass is 9.93. The summed E-state index contributed by atoms with van der Waals surface area (Å²) >= 11 is 0. The van der Waals surface area contributed by atoms with Gasteiger partial charge in [-0.1, -0.05) is 35.9 Å². The van der Waals surface area contributed by atoms with E-state index in [9.17, 15) is 0 Å². The predicted octanol–water partition coefficient (Wildman–Crippen LogP) is 4.73. The molecule has 0 aromatic heterocycles. The Balaban J connectivity index is 1.81. The summed E-state index contributed by atoms with van der Waals surface area (Å²) in [6, 6.07) is 12.9. The summed E-state index contributed by atoms with van der Waals surface area (Å²) in [5, 5.41) is 0. The van der Waals surface area contributed by atoms with E-state index in [0.29, 0.717) is 0 Å². The summed E-state index contributed by atoms with van der Waals surface area (Å²) < 4.78 is 5.98. The standard InChI is InChI=1S/C21H25NO/c1-14-5-7-18(15(2)11-14)19(22)13-16-6-8-20-17(12-16)9-10-21(3,4)23-20/h5-12,19H,13,22H2,1-4H3. The molecule has 1 heterocycles. The van der Waals surface area contributed by atoms with Gasteiger partial charge in [0.2, 0.25) is 0 Å². The van der Waals surface area contributed by atoms with E-state index in [1.165, 1.54) is 22.3 Å². The maximum Gasteiger partial charge on any atom is 0.127 e. The van der Waals surface area contributed by atoms with Crippen LogP contribution in [0.2, 0.25) is 0 Å². The van der Waals surface area contributed by atoms with Crippen molar-refractivity contribution in [3.8, 4) is 5.75 Å². The molecule has 0 bridgehead atoms. The summed E-state index contributed by atoms with van der Waals surface area (Å²) in [5.41, 5.74) is 12.4. The molecule has 0 saturated carbocycles. The van der Waals surface area contributed by atoms with Crippen LogP contribution in [-0.4, -0.2) is 5.60 Å². The first-order valence-corrected chi connectivity index (χ1v) is 8.18. The van der Waals surface area contributed by atoms with Gasteiger partial charge in [0.15, 0.2) is 0 Å². The minimum Gasteiger partial charge on any atom is -0.483 e. The van der Waals surface area contributed by atoms with E-state index in [1.807, 2.05) is 0 Å². The molecule has 1 atom stereocenters. The topological polar surface area (TPSA) is 35.2 Å². The molecule has 2 aromatic rings. The Bertz CT molecular complexity index is 758. The molecule has 0 amide bonds. The third kappa shape index (κ3) is 3.48. The van der Waals surface area contributed by atoms with Gasteiger partial charge in [-0.3, -0.25) is 0 Å². The summed E-state index contributed by atoms with van der Waals surface area (Å²) in [6.07, 6.45) is 5.07. The number of hydrogen-bond acceptors (Lipinski definition) is 2. The van der Waals surface area contributed by atoms with Gasteiger partial charge in [-0.25, -0.2) is 0 Å². The minimum atomic E-state index is -0.232. The van der Waals surface area contributed by atoms with Gasteiger partial charge in [0.05, 0.1) is 0 Å². The first-order chi connectivity index (χ1) is 10.8. The Labute approximate surface area is 139 Å². The van der Waals surface area contributed by atoms with E-state index in [0.717, 1.165) is 17.7 Å². The van der Waals surface area contributed by atoms with Crippen molar-refractivity contribution in [2.45, 2.75) is 45.8 Å². The molecule has 1 unspecified atom stereocenters. The Hall–Kier alpha value is -2.06. The molecule has 0 fully saturated rings. The van der Waals surface area contributed by atoms with Crippen molar-refractivity contribution in [1.29, 1.82) is 0 Å². The van der Waals surface area contributed by atoms with Gasteiger partial charge in [0, 0.05) is 11.6 Å². The van der Waals surface area contributed by atoms with Crippen molar-refractivity contribution in [2.75, 3.05) is 0 Å². The Morgan fingerprint density at radius 1 is 1.09 bits per heavy atom. The van der Waals surface area contributed by atoms with Gasteiger partial charge >= 0.3 is 0 Å². The van der Waals surface area contributed by atoms with Crippen LogP contribution in [0.3, 0.4) is 0 Å². The monoisotopic (exact) mass is 307 g/mol. The molecule has 2 aromatic carbocycles. The van der Waals surface area contributed by atoms with E-state index in [2.05, 4.69) is 76.2 Å². The van der Waals surface area contributed by atoms with Gasteiger partial charge in [-0.15, -0.1) is 0 Å². The fraction of sp³-hybridized carbons (Fsp3) is 0.333. The molecule has 23 heavy (non-hydrogen) atoms. The highest BCUT2D eigenvalue weighted by atomic mass is 16.5. The molecule has 0 aliphatic carbocycles. The number of rotatable bonds is 3. The molecule has 0 saturated heterocycles. The Kier molecular flexibility index (Phi) is 4.03. The number of hydrogen-bond donors (Lipinski definition) is 1. The van der Waals surface area contributed by atoms with Gasteiger partial charge in [0.25, 0.3) is 0 Å². The Morgan fingerprint density at radius 3 is 2.61 bits per heavy atom. The average Bonchev–Trinajstić information content (AvgIpc) is 2.46. The van der Waals surface area contributed by atoms with Crippen molar-refractivity contribution in [3.63, 3.8) is 0 Å². The second-order valence-corrected chi connectivity index (χ2v) is 7.08. The highest BCUT2D eigenvalue weighted by Gasteiger charge is 2.21. The third-order valence-electron chi connectivity index (χ3n) is 4.39. The van der Waals surface area contributed by atoms with E-state index in [-0.39, 0.29) is 11.6 Å². The number of benzene rings is 2. The highest BCUT2D eigenvalue weighted by molar-refractivity contribution is 5.61. The molecular weight excluding hydrogens is 282 g/mol. The van der Waals surface area contributed by atoms with Crippen LogP contribution < -0.4 is 10.5 Å². The minimum absolute atomic E-state index is 0.0126.